The zero-order valence-corrected chi connectivity index (χ0v) is 12.8. The van der Waals surface area contributed by atoms with Crippen molar-refractivity contribution in [3.8, 4) is 10.6 Å². The monoisotopic (exact) mass is 351 g/mol. The summed E-state index contributed by atoms with van der Waals surface area (Å²) in [6, 6.07) is 10.4. The van der Waals surface area contributed by atoms with Gasteiger partial charge in [0.15, 0.2) is 0 Å². The van der Waals surface area contributed by atoms with Gasteiger partial charge in [0.25, 0.3) is 0 Å². The molecule has 0 radical (unpaired) electrons. The molecule has 0 bridgehead atoms. The number of aromatic nitrogens is 2. The van der Waals surface area contributed by atoms with Crippen molar-refractivity contribution in [2.24, 2.45) is 0 Å². The molecular formula is C14H11BrFN3S. The lowest BCUT2D eigenvalue weighted by Gasteiger charge is -2.01. The molecule has 3 rings (SSSR count). The summed E-state index contributed by atoms with van der Waals surface area (Å²) in [6.07, 6.45) is 1.77. The Morgan fingerprint density at radius 1 is 1.30 bits per heavy atom. The van der Waals surface area contributed by atoms with E-state index in [1.54, 1.807) is 28.3 Å². The van der Waals surface area contributed by atoms with E-state index < -0.39 is 0 Å². The van der Waals surface area contributed by atoms with Crippen LogP contribution in [0.5, 0.6) is 0 Å². The molecule has 0 atom stereocenters. The minimum absolute atomic E-state index is 0.245. The maximum atomic E-state index is 13.2. The van der Waals surface area contributed by atoms with Gasteiger partial charge in [0, 0.05) is 6.20 Å². The van der Waals surface area contributed by atoms with Crippen LogP contribution in [0.1, 0.15) is 5.56 Å². The predicted octanol–water partition coefficient (Wildman–Crippen LogP) is 4.14. The fraction of sp³-hybridized carbons (Fsp3) is 0.0714. The number of halogens is 2. The van der Waals surface area contributed by atoms with Crippen LogP contribution in [0.4, 0.5) is 10.1 Å². The van der Waals surface area contributed by atoms with E-state index in [0.29, 0.717) is 12.2 Å². The van der Waals surface area contributed by atoms with Gasteiger partial charge in [0.05, 0.1) is 20.9 Å². The second kappa shape index (κ2) is 5.38. The predicted molar refractivity (Wildman–Crippen MR) is 83.2 cm³/mol. The van der Waals surface area contributed by atoms with Gasteiger partial charge in [-0.25, -0.2) is 4.39 Å². The van der Waals surface area contributed by atoms with Crippen LogP contribution in [0.15, 0.2) is 46.4 Å². The highest BCUT2D eigenvalue weighted by molar-refractivity contribution is 9.11. The van der Waals surface area contributed by atoms with Crippen molar-refractivity contribution in [3.63, 3.8) is 0 Å². The van der Waals surface area contributed by atoms with Crippen molar-refractivity contribution in [1.82, 2.24) is 9.78 Å². The molecule has 0 aliphatic rings. The van der Waals surface area contributed by atoms with E-state index in [2.05, 4.69) is 21.0 Å². The number of hydrogen-bond donors (Lipinski definition) is 1. The summed E-state index contributed by atoms with van der Waals surface area (Å²) in [5, 5.41) is 4.48. The van der Waals surface area contributed by atoms with Crippen molar-refractivity contribution < 1.29 is 4.39 Å². The summed E-state index contributed by atoms with van der Waals surface area (Å²) >= 11 is 5.00. The van der Waals surface area contributed by atoms with Gasteiger partial charge < -0.3 is 5.73 Å². The van der Waals surface area contributed by atoms with E-state index >= 15 is 0 Å². The zero-order valence-electron chi connectivity index (χ0n) is 10.4. The Kier molecular flexibility index (Phi) is 3.58. The summed E-state index contributed by atoms with van der Waals surface area (Å²) in [5.41, 5.74) is 8.24. The third kappa shape index (κ3) is 2.76. The highest BCUT2D eigenvalue weighted by Gasteiger charge is 2.11. The van der Waals surface area contributed by atoms with Gasteiger partial charge >= 0.3 is 0 Å². The molecule has 0 amide bonds. The fourth-order valence-electron chi connectivity index (χ4n) is 1.97. The standard InChI is InChI=1S/C14H11BrFN3S/c15-13-5-4-12(20-13)14-11(17)8-19(18-14)7-9-2-1-3-10(16)6-9/h1-6,8H,7,17H2. The molecule has 0 aliphatic carbocycles. The van der Waals surface area contributed by atoms with Gasteiger partial charge in [-0.15, -0.1) is 11.3 Å². The van der Waals surface area contributed by atoms with Crippen molar-refractivity contribution in [3.05, 3.63) is 57.8 Å². The van der Waals surface area contributed by atoms with Crippen LogP contribution >= 0.6 is 27.3 Å². The lowest BCUT2D eigenvalue weighted by molar-refractivity contribution is 0.619. The molecule has 1 aromatic carbocycles. The Labute approximate surface area is 128 Å². The molecule has 3 nitrogen and oxygen atoms in total. The summed E-state index contributed by atoms with van der Waals surface area (Å²) in [6.45, 7) is 0.495. The summed E-state index contributed by atoms with van der Waals surface area (Å²) in [5.74, 6) is -0.245. The lowest BCUT2D eigenvalue weighted by Crippen LogP contribution is -2.00. The Morgan fingerprint density at radius 3 is 2.85 bits per heavy atom. The fourth-order valence-corrected chi connectivity index (χ4v) is 3.37. The molecule has 0 aliphatic heterocycles. The second-order valence-corrected chi connectivity index (χ2v) is 6.83. The molecule has 0 spiro atoms. The largest absolute Gasteiger partial charge is 0.396 e. The highest BCUT2D eigenvalue weighted by atomic mass is 79.9. The Morgan fingerprint density at radius 2 is 2.15 bits per heavy atom. The van der Waals surface area contributed by atoms with Gasteiger partial charge in [0.1, 0.15) is 11.5 Å². The number of nitrogen functional groups attached to an aromatic ring is 1. The van der Waals surface area contributed by atoms with Gasteiger partial charge in [0.2, 0.25) is 0 Å². The molecule has 2 N–H and O–H groups in total. The molecule has 2 heterocycles. The van der Waals surface area contributed by atoms with Crippen LogP contribution in [-0.4, -0.2) is 9.78 Å². The molecule has 0 saturated carbocycles. The van der Waals surface area contributed by atoms with Crippen molar-refractivity contribution in [1.29, 1.82) is 0 Å². The maximum absolute atomic E-state index is 13.2. The molecule has 3 aromatic rings. The lowest BCUT2D eigenvalue weighted by atomic mass is 10.2. The van der Waals surface area contributed by atoms with Crippen LogP contribution < -0.4 is 5.73 Å². The van der Waals surface area contributed by atoms with E-state index in [1.807, 2.05) is 18.2 Å². The van der Waals surface area contributed by atoms with E-state index in [0.717, 1.165) is 19.9 Å². The van der Waals surface area contributed by atoms with E-state index in [4.69, 9.17) is 5.73 Å². The number of anilines is 1. The summed E-state index contributed by atoms with van der Waals surface area (Å²) in [4.78, 5) is 1.01. The average Bonchev–Trinajstić information content (AvgIpc) is 2.96. The van der Waals surface area contributed by atoms with Gasteiger partial charge in [-0.05, 0) is 45.8 Å². The van der Waals surface area contributed by atoms with Crippen LogP contribution in [0.2, 0.25) is 0 Å². The zero-order chi connectivity index (χ0) is 14.1. The number of nitrogens with two attached hydrogens (primary N) is 1. The minimum Gasteiger partial charge on any atom is -0.396 e. The SMILES string of the molecule is Nc1cn(Cc2cccc(F)c2)nc1-c1ccc(Br)s1. The van der Waals surface area contributed by atoms with Gasteiger partial charge in [-0.2, -0.15) is 5.10 Å². The molecule has 0 saturated heterocycles. The molecule has 2 aromatic heterocycles. The number of benzene rings is 1. The van der Waals surface area contributed by atoms with Crippen molar-refractivity contribution in [2.45, 2.75) is 6.54 Å². The highest BCUT2D eigenvalue weighted by Crippen LogP contribution is 2.33. The van der Waals surface area contributed by atoms with Crippen LogP contribution in [0.25, 0.3) is 10.6 Å². The Balaban J connectivity index is 1.89. The van der Waals surface area contributed by atoms with E-state index in [9.17, 15) is 4.39 Å². The molecule has 6 heteroatoms. The number of nitrogens with zero attached hydrogens (tertiary/aromatic N) is 2. The van der Waals surface area contributed by atoms with Crippen molar-refractivity contribution >= 4 is 33.0 Å². The van der Waals surface area contributed by atoms with Gasteiger partial charge in [-0.3, -0.25) is 4.68 Å². The van der Waals surface area contributed by atoms with Crippen LogP contribution in [0.3, 0.4) is 0 Å². The molecule has 20 heavy (non-hydrogen) atoms. The Hall–Kier alpha value is -1.66. The smallest absolute Gasteiger partial charge is 0.125 e. The third-order valence-corrected chi connectivity index (χ3v) is 4.46. The quantitative estimate of drug-likeness (QED) is 0.770. The first-order valence-corrected chi connectivity index (χ1v) is 7.56. The topological polar surface area (TPSA) is 43.8 Å². The molecule has 102 valence electrons. The first-order valence-electron chi connectivity index (χ1n) is 5.95. The number of thiophene rings is 1. The van der Waals surface area contributed by atoms with Gasteiger partial charge in [-0.1, -0.05) is 12.1 Å². The molecule has 0 fully saturated rings. The minimum atomic E-state index is -0.245. The Bertz CT molecular complexity index is 750. The summed E-state index contributed by atoms with van der Waals surface area (Å²) < 4.78 is 15.9. The first kappa shape index (κ1) is 13.3. The average molecular weight is 352 g/mol. The first-order chi connectivity index (χ1) is 9.61. The molecular weight excluding hydrogens is 341 g/mol. The maximum Gasteiger partial charge on any atom is 0.125 e. The van der Waals surface area contributed by atoms with E-state index in [-0.39, 0.29) is 5.82 Å². The second-order valence-electron chi connectivity index (χ2n) is 4.36. The van der Waals surface area contributed by atoms with Crippen LogP contribution in [-0.2, 0) is 6.54 Å². The normalized spacial score (nSPS) is 10.9. The summed E-state index contributed by atoms with van der Waals surface area (Å²) in [7, 11) is 0. The third-order valence-electron chi connectivity index (χ3n) is 2.83. The molecule has 0 unspecified atom stereocenters. The number of rotatable bonds is 3. The number of hydrogen-bond acceptors (Lipinski definition) is 3. The van der Waals surface area contributed by atoms with Crippen molar-refractivity contribution in [2.75, 3.05) is 5.73 Å². The van der Waals surface area contributed by atoms with E-state index in [1.165, 1.54) is 12.1 Å². The van der Waals surface area contributed by atoms with Crippen LogP contribution in [0, 0.1) is 5.82 Å².